The molecule has 0 aliphatic carbocycles. The molecule has 1 aromatic carbocycles. The molecule has 1 spiro atoms. The molecule has 1 saturated heterocycles. The average Bonchev–Trinajstić information content (AvgIpc) is 2.72. The molecule has 0 N–H and O–H groups in total. The van der Waals surface area contributed by atoms with E-state index in [-0.39, 0.29) is 6.42 Å². The van der Waals surface area contributed by atoms with E-state index in [2.05, 4.69) is 15.9 Å². The monoisotopic (exact) mass is 309 g/mol. The van der Waals surface area contributed by atoms with Crippen LogP contribution in [0, 0.1) is 0 Å². The fourth-order valence-corrected chi connectivity index (χ4v) is 2.63. The van der Waals surface area contributed by atoms with Crippen LogP contribution in [0.25, 0.3) is 0 Å². The van der Waals surface area contributed by atoms with E-state index in [4.69, 9.17) is 4.74 Å². The van der Waals surface area contributed by atoms with E-state index >= 15 is 0 Å². The summed E-state index contributed by atoms with van der Waals surface area (Å²) in [5.74, 6) is -1.09. The highest BCUT2D eigenvalue weighted by molar-refractivity contribution is 9.10. The van der Waals surface area contributed by atoms with Crippen LogP contribution in [0.3, 0.4) is 0 Å². The molecule has 2 amide bonds. The molecule has 0 bridgehead atoms. The molecule has 1 unspecified atom stereocenters. The number of ketones is 1. The van der Waals surface area contributed by atoms with Gasteiger partial charge in [0.2, 0.25) is 11.7 Å². The molecule has 1 aromatic rings. The smallest absolute Gasteiger partial charge is 0.281 e. The van der Waals surface area contributed by atoms with Crippen LogP contribution in [0.1, 0.15) is 16.8 Å². The van der Waals surface area contributed by atoms with Crippen molar-refractivity contribution >= 4 is 33.5 Å². The minimum Gasteiger partial charge on any atom is -0.468 e. The number of amides is 2. The van der Waals surface area contributed by atoms with Crippen molar-refractivity contribution < 1.29 is 19.1 Å². The number of fused-ring (bicyclic) bond motifs is 1. The molecule has 0 saturated carbocycles. The second-order valence-corrected chi connectivity index (χ2v) is 5.25. The van der Waals surface area contributed by atoms with Crippen LogP contribution in [-0.4, -0.2) is 35.1 Å². The summed E-state index contributed by atoms with van der Waals surface area (Å²) >= 11 is 3.26. The predicted octanol–water partition coefficient (Wildman–Crippen LogP) is 1.15. The third kappa shape index (κ3) is 1.23. The van der Waals surface area contributed by atoms with Crippen LogP contribution in [0.5, 0.6) is 5.75 Å². The number of ether oxygens (including phenoxy) is 1. The van der Waals surface area contributed by atoms with Gasteiger partial charge in [-0.25, -0.2) is 0 Å². The van der Waals surface area contributed by atoms with Gasteiger partial charge in [-0.15, -0.1) is 0 Å². The first kappa shape index (κ1) is 11.4. The Morgan fingerprint density at radius 2 is 2.06 bits per heavy atom. The van der Waals surface area contributed by atoms with E-state index in [1.165, 1.54) is 7.05 Å². The standard InChI is InChI=1S/C12H8BrNO4/c1-14-9(15)5-12(11(14)17)10(16)7-4-6(13)2-3-8(7)18-12/h2-4H,5H2,1H3. The van der Waals surface area contributed by atoms with Gasteiger partial charge in [-0.05, 0) is 18.2 Å². The number of hydrogen-bond donors (Lipinski definition) is 0. The van der Waals surface area contributed by atoms with Crippen LogP contribution in [-0.2, 0) is 9.59 Å². The van der Waals surface area contributed by atoms with Gasteiger partial charge >= 0.3 is 0 Å². The zero-order valence-electron chi connectivity index (χ0n) is 9.40. The molecule has 2 heterocycles. The maximum atomic E-state index is 12.3. The number of Topliss-reactive ketones (excluding diaryl/α,β-unsaturated/α-hetero) is 1. The van der Waals surface area contributed by atoms with Gasteiger partial charge in [0.25, 0.3) is 11.5 Å². The number of hydrogen-bond acceptors (Lipinski definition) is 4. The van der Waals surface area contributed by atoms with Crippen molar-refractivity contribution in [2.45, 2.75) is 12.0 Å². The number of rotatable bonds is 0. The minimum atomic E-state index is -1.67. The number of imide groups is 1. The Morgan fingerprint density at radius 3 is 2.67 bits per heavy atom. The molecular weight excluding hydrogens is 302 g/mol. The summed E-state index contributed by atoms with van der Waals surface area (Å²) in [4.78, 5) is 36.9. The normalized spacial score (nSPS) is 25.9. The fourth-order valence-electron chi connectivity index (χ4n) is 2.27. The fraction of sp³-hybridized carbons (Fsp3) is 0.250. The van der Waals surface area contributed by atoms with Crippen LogP contribution < -0.4 is 4.74 Å². The Kier molecular flexibility index (Phi) is 2.16. The van der Waals surface area contributed by atoms with Gasteiger partial charge in [0.1, 0.15) is 5.75 Å². The second kappa shape index (κ2) is 3.41. The van der Waals surface area contributed by atoms with Gasteiger partial charge in [-0.2, -0.15) is 0 Å². The third-order valence-corrected chi connectivity index (χ3v) is 3.75. The van der Waals surface area contributed by atoms with Crippen molar-refractivity contribution in [2.24, 2.45) is 0 Å². The SMILES string of the molecule is CN1C(=O)CC2(Oc3ccc(Br)cc3C2=O)C1=O. The van der Waals surface area contributed by atoms with E-state index in [1.807, 2.05) is 0 Å². The molecule has 2 aliphatic rings. The lowest BCUT2D eigenvalue weighted by atomic mass is 9.94. The molecule has 6 heteroatoms. The third-order valence-electron chi connectivity index (χ3n) is 3.26. The molecule has 2 aliphatic heterocycles. The zero-order chi connectivity index (χ0) is 13.1. The molecule has 0 aromatic heterocycles. The van der Waals surface area contributed by atoms with Crippen molar-refractivity contribution in [3.05, 3.63) is 28.2 Å². The first-order chi connectivity index (χ1) is 8.45. The molecule has 92 valence electrons. The predicted molar refractivity (Wildman–Crippen MR) is 64.2 cm³/mol. The summed E-state index contributed by atoms with van der Waals surface area (Å²) in [7, 11) is 1.36. The molecule has 5 nitrogen and oxygen atoms in total. The van der Waals surface area contributed by atoms with E-state index < -0.39 is 23.2 Å². The lowest BCUT2D eigenvalue weighted by Gasteiger charge is -2.17. The maximum Gasteiger partial charge on any atom is 0.281 e. The van der Waals surface area contributed by atoms with Gasteiger partial charge in [-0.1, -0.05) is 15.9 Å². The van der Waals surface area contributed by atoms with Gasteiger partial charge in [-0.3, -0.25) is 19.3 Å². The summed E-state index contributed by atoms with van der Waals surface area (Å²) in [5, 5.41) is 0. The van der Waals surface area contributed by atoms with Crippen LogP contribution in [0.2, 0.25) is 0 Å². The van der Waals surface area contributed by atoms with E-state index in [9.17, 15) is 14.4 Å². The average molecular weight is 310 g/mol. The maximum absolute atomic E-state index is 12.3. The van der Waals surface area contributed by atoms with Gasteiger partial charge in [0.05, 0.1) is 12.0 Å². The number of likely N-dealkylation sites (tertiary alicyclic amines) is 1. The highest BCUT2D eigenvalue weighted by Gasteiger charge is 2.61. The molecule has 3 rings (SSSR count). The lowest BCUT2D eigenvalue weighted by molar-refractivity contribution is -0.140. The summed E-state index contributed by atoms with van der Waals surface area (Å²) in [5.41, 5.74) is -1.34. The summed E-state index contributed by atoms with van der Waals surface area (Å²) in [6.45, 7) is 0. The van der Waals surface area contributed by atoms with Crippen LogP contribution in [0.4, 0.5) is 0 Å². The van der Waals surface area contributed by atoms with Gasteiger partial charge in [0, 0.05) is 11.5 Å². The molecular formula is C12H8BrNO4. The number of benzene rings is 1. The van der Waals surface area contributed by atoms with Crippen LogP contribution >= 0.6 is 15.9 Å². The number of nitrogens with zero attached hydrogens (tertiary/aromatic N) is 1. The Hall–Kier alpha value is -1.69. The van der Waals surface area contributed by atoms with Gasteiger partial charge in [0.15, 0.2) is 0 Å². The Morgan fingerprint density at radius 1 is 1.33 bits per heavy atom. The number of halogens is 1. The van der Waals surface area contributed by atoms with E-state index in [0.29, 0.717) is 11.3 Å². The van der Waals surface area contributed by atoms with Crippen molar-refractivity contribution in [3.8, 4) is 5.75 Å². The number of likely N-dealkylation sites (N-methyl/N-ethyl adjacent to an activating group) is 1. The van der Waals surface area contributed by atoms with E-state index in [1.54, 1.807) is 18.2 Å². The highest BCUT2D eigenvalue weighted by Crippen LogP contribution is 2.42. The first-order valence-corrected chi connectivity index (χ1v) is 6.09. The molecule has 1 atom stereocenters. The number of carbonyl (C=O) groups is 3. The molecule has 0 radical (unpaired) electrons. The molecule has 18 heavy (non-hydrogen) atoms. The van der Waals surface area contributed by atoms with Crippen molar-refractivity contribution in [2.75, 3.05) is 7.05 Å². The minimum absolute atomic E-state index is 0.229. The topological polar surface area (TPSA) is 63.7 Å². The first-order valence-electron chi connectivity index (χ1n) is 5.30. The Bertz CT molecular complexity index is 612. The quantitative estimate of drug-likeness (QED) is 0.533. The number of carbonyl (C=O) groups excluding carboxylic acids is 3. The summed E-state index contributed by atoms with van der Waals surface area (Å²) in [6.07, 6.45) is -0.229. The van der Waals surface area contributed by atoms with Crippen LogP contribution in [0.15, 0.2) is 22.7 Å². The second-order valence-electron chi connectivity index (χ2n) is 4.33. The summed E-state index contributed by atoms with van der Waals surface area (Å²) < 4.78 is 6.22. The largest absolute Gasteiger partial charge is 0.468 e. The summed E-state index contributed by atoms with van der Waals surface area (Å²) in [6, 6.07) is 4.93. The Labute approximate surface area is 111 Å². The van der Waals surface area contributed by atoms with Crippen molar-refractivity contribution in [1.82, 2.24) is 4.90 Å². The van der Waals surface area contributed by atoms with Crippen molar-refractivity contribution in [3.63, 3.8) is 0 Å². The lowest BCUT2D eigenvalue weighted by Crippen LogP contribution is -2.47. The highest BCUT2D eigenvalue weighted by atomic mass is 79.9. The van der Waals surface area contributed by atoms with E-state index in [0.717, 1.165) is 9.37 Å². The zero-order valence-corrected chi connectivity index (χ0v) is 11.0. The van der Waals surface area contributed by atoms with Crippen molar-refractivity contribution in [1.29, 1.82) is 0 Å². The Balaban J connectivity index is 2.13. The molecule has 1 fully saturated rings. The van der Waals surface area contributed by atoms with Gasteiger partial charge < -0.3 is 4.74 Å².